The monoisotopic (exact) mass is 433 g/mol. The minimum absolute atomic E-state index is 0. The highest BCUT2D eigenvalue weighted by Crippen LogP contribution is 2.40. The number of pyridine rings is 1. The number of likely N-dealkylation sites (N-methyl/N-ethyl adjacent to an activating group) is 1. The van der Waals surface area contributed by atoms with E-state index in [2.05, 4.69) is 5.32 Å². The fraction of sp³-hybridized carbons (Fsp3) is 0.478. The van der Waals surface area contributed by atoms with Crippen molar-refractivity contribution in [2.24, 2.45) is 0 Å². The number of likely N-dealkylation sites (tertiary alicyclic amines) is 1. The van der Waals surface area contributed by atoms with Crippen LogP contribution in [0.25, 0.3) is 11.1 Å². The maximum Gasteiger partial charge on any atom is 0.242 e. The molecule has 2 saturated heterocycles. The van der Waals surface area contributed by atoms with Crippen molar-refractivity contribution in [3.8, 4) is 16.9 Å². The second kappa shape index (κ2) is 8.52. The highest BCUT2D eigenvalue weighted by Gasteiger charge is 2.50. The fourth-order valence-corrected chi connectivity index (χ4v) is 4.60. The predicted molar refractivity (Wildman–Crippen MR) is 118 cm³/mol. The molecule has 30 heavy (non-hydrogen) atoms. The van der Waals surface area contributed by atoms with E-state index in [1.54, 1.807) is 11.0 Å². The van der Waals surface area contributed by atoms with Crippen LogP contribution in [0.3, 0.4) is 0 Å². The molecule has 0 bridgehead atoms. The van der Waals surface area contributed by atoms with Crippen LogP contribution in [-0.4, -0.2) is 41.5 Å². The second-order valence-corrected chi connectivity index (χ2v) is 8.25. The van der Waals surface area contributed by atoms with E-state index in [4.69, 9.17) is 9.72 Å². The van der Waals surface area contributed by atoms with Crippen molar-refractivity contribution in [2.75, 3.05) is 20.2 Å². The molecule has 1 aromatic carbocycles. The molecule has 2 aliphatic heterocycles. The Hall–Kier alpha value is -2.18. The van der Waals surface area contributed by atoms with Gasteiger partial charge in [-0.3, -0.25) is 15.1 Å². The van der Waals surface area contributed by atoms with Gasteiger partial charge in [0.05, 0.1) is 18.3 Å². The lowest BCUT2D eigenvalue weighted by atomic mass is 9.96. The zero-order valence-electron chi connectivity index (χ0n) is 17.9. The van der Waals surface area contributed by atoms with Gasteiger partial charge in [-0.15, -0.1) is 12.4 Å². The normalized spacial score (nSPS) is 23.2. The third kappa shape index (κ3) is 3.91. The minimum atomic E-state index is -0.470. The highest BCUT2D eigenvalue weighted by molar-refractivity contribution is 5.88. The molecular weight excluding hydrogens is 405 g/mol. The van der Waals surface area contributed by atoms with Crippen molar-refractivity contribution in [1.29, 1.82) is 0 Å². The van der Waals surface area contributed by atoms with Crippen molar-refractivity contribution in [3.05, 3.63) is 47.0 Å². The molecule has 162 valence electrons. The van der Waals surface area contributed by atoms with Gasteiger partial charge >= 0.3 is 0 Å². The number of carbonyl (C=O) groups is 1. The number of ether oxygens (including phenoxy) is 1. The van der Waals surface area contributed by atoms with E-state index in [1.807, 2.05) is 40.0 Å². The maximum absolute atomic E-state index is 14.8. The summed E-state index contributed by atoms with van der Waals surface area (Å²) < 4.78 is 20.5. The Morgan fingerprint density at radius 2 is 2.03 bits per heavy atom. The van der Waals surface area contributed by atoms with Gasteiger partial charge in [0.1, 0.15) is 17.1 Å². The van der Waals surface area contributed by atoms with Crippen molar-refractivity contribution in [3.63, 3.8) is 0 Å². The van der Waals surface area contributed by atoms with Crippen LogP contribution in [0.1, 0.15) is 49.2 Å². The number of benzene rings is 1. The maximum atomic E-state index is 14.8. The molecule has 1 spiro atoms. The van der Waals surface area contributed by atoms with Crippen LogP contribution in [0.15, 0.2) is 24.3 Å². The summed E-state index contributed by atoms with van der Waals surface area (Å²) in [6.07, 6.45) is 2.47. The van der Waals surface area contributed by atoms with Gasteiger partial charge in [0, 0.05) is 24.8 Å². The van der Waals surface area contributed by atoms with E-state index in [-0.39, 0.29) is 30.2 Å². The van der Waals surface area contributed by atoms with Gasteiger partial charge in [-0.2, -0.15) is 0 Å². The van der Waals surface area contributed by atoms with Gasteiger partial charge in [-0.1, -0.05) is 0 Å². The number of aromatic nitrogens is 1. The number of aryl methyl sites for hydroxylation is 2. The molecule has 1 amide bonds. The quantitative estimate of drug-likeness (QED) is 0.778. The minimum Gasteiger partial charge on any atom is -0.494 e. The first-order valence-electron chi connectivity index (χ1n) is 10.3. The van der Waals surface area contributed by atoms with E-state index in [0.29, 0.717) is 17.9 Å². The Kier molecular flexibility index (Phi) is 6.39. The molecule has 0 unspecified atom stereocenters. The number of rotatable bonds is 4. The molecule has 7 heteroatoms. The Labute approximate surface area is 183 Å². The van der Waals surface area contributed by atoms with Gasteiger partial charge in [-0.05, 0) is 75.4 Å². The van der Waals surface area contributed by atoms with Gasteiger partial charge in [0.2, 0.25) is 5.91 Å². The van der Waals surface area contributed by atoms with Crippen LogP contribution in [0.4, 0.5) is 4.39 Å². The van der Waals surface area contributed by atoms with Crippen LogP contribution >= 0.6 is 12.4 Å². The van der Waals surface area contributed by atoms with E-state index in [9.17, 15) is 9.18 Å². The molecule has 2 aliphatic rings. The SMILES string of the molecule is CCOc1cc(-c2cc(C)nc([C@H]3CC[C@@]4(CCN(C)C4=O)N3)c2)c(F)cc1C.Cl. The van der Waals surface area contributed by atoms with Crippen LogP contribution in [0, 0.1) is 19.7 Å². The largest absolute Gasteiger partial charge is 0.494 e. The Morgan fingerprint density at radius 3 is 2.70 bits per heavy atom. The summed E-state index contributed by atoms with van der Waals surface area (Å²) in [5, 5.41) is 3.55. The Bertz CT molecular complexity index is 968. The molecule has 3 heterocycles. The van der Waals surface area contributed by atoms with E-state index in [1.165, 1.54) is 6.07 Å². The molecule has 0 radical (unpaired) electrons. The molecule has 2 aromatic rings. The van der Waals surface area contributed by atoms with E-state index >= 15 is 0 Å². The molecule has 0 saturated carbocycles. The zero-order valence-corrected chi connectivity index (χ0v) is 18.7. The zero-order chi connectivity index (χ0) is 20.8. The number of nitrogens with one attached hydrogen (secondary N) is 1. The lowest BCUT2D eigenvalue weighted by Gasteiger charge is -2.23. The summed E-state index contributed by atoms with van der Waals surface area (Å²) in [6, 6.07) is 7.11. The first kappa shape index (κ1) is 22.5. The predicted octanol–water partition coefficient (Wildman–Crippen LogP) is 4.35. The number of amides is 1. The summed E-state index contributed by atoms with van der Waals surface area (Å²) in [7, 11) is 1.85. The first-order valence-corrected chi connectivity index (χ1v) is 10.3. The molecule has 2 fully saturated rings. The summed E-state index contributed by atoms with van der Waals surface area (Å²) >= 11 is 0. The van der Waals surface area contributed by atoms with Crippen molar-refractivity contribution in [1.82, 2.24) is 15.2 Å². The van der Waals surface area contributed by atoms with Gasteiger partial charge in [-0.25, -0.2) is 4.39 Å². The topological polar surface area (TPSA) is 54.5 Å². The summed E-state index contributed by atoms with van der Waals surface area (Å²) in [5.74, 6) is 0.585. The summed E-state index contributed by atoms with van der Waals surface area (Å²) in [5.41, 5.74) is 3.29. The highest BCUT2D eigenvalue weighted by atomic mass is 35.5. The van der Waals surface area contributed by atoms with Gasteiger partial charge in [0.25, 0.3) is 0 Å². The number of hydrogen-bond acceptors (Lipinski definition) is 4. The smallest absolute Gasteiger partial charge is 0.242 e. The number of halogens is 2. The lowest BCUT2D eigenvalue weighted by molar-refractivity contribution is -0.131. The average molecular weight is 434 g/mol. The number of hydrogen-bond donors (Lipinski definition) is 1. The van der Waals surface area contributed by atoms with Crippen molar-refractivity contribution < 1.29 is 13.9 Å². The third-order valence-electron chi connectivity index (χ3n) is 6.15. The van der Waals surface area contributed by atoms with Gasteiger partial charge in [0.15, 0.2) is 0 Å². The van der Waals surface area contributed by atoms with Crippen molar-refractivity contribution >= 4 is 18.3 Å². The summed E-state index contributed by atoms with van der Waals surface area (Å²) in [4.78, 5) is 19.1. The standard InChI is InChI=1S/C23H28FN3O2.ClH/c1-5-29-21-13-17(18(24)10-14(21)2)16-11-15(3)25-20(12-16)19-6-7-23(26-19)8-9-27(4)22(23)28;/h10-13,19,26H,5-9H2,1-4H3;1H/t19-,23+;/m1./s1. The molecule has 2 atom stereocenters. The first-order chi connectivity index (χ1) is 13.8. The Morgan fingerprint density at radius 1 is 1.27 bits per heavy atom. The number of nitrogens with zero attached hydrogens (tertiary/aromatic N) is 2. The Balaban J connectivity index is 0.00000256. The lowest BCUT2D eigenvalue weighted by Crippen LogP contribution is -2.47. The molecule has 5 nitrogen and oxygen atoms in total. The van der Waals surface area contributed by atoms with Crippen molar-refractivity contribution in [2.45, 2.75) is 51.6 Å². The molecule has 1 N–H and O–H groups in total. The molecule has 4 rings (SSSR count). The van der Waals surface area contributed by atoms with Gasteiger partial charge < -0.3 is 9.64 Å². The fourth-order valence-electron chi connectivity index (χ4n) is 4.60. The van der Waals surface area contributed by atoms with E-state index < -0.39 is 5.54 Å². The molecule has 1 aromatic heterocycles. The van der Waals surface area contributed by atoms with Crippen LogP contribution in [-0.2, 0) is 4.79 Å². The van der Waals surface area contributed by atoms with Crippen LogP contribution < -0.4 is 10.1 Å². The van der Waals surface area contributed by atoms with E-state index in [0.717, 1.165) is 48.3 Å². The van der Waals surface area contributed by atoms with Crippen LogP contribution in [0.5, 0.6) is 5.75 Å². The summed E-state index contributed by atoms with van der Waals surface area (Å²) in [6.45, 7) is 6.99. The average Bonchev–Trinajstić information content (AvgIpc) is 3.23. The number of carbonyl (C=O) groups excluding carboxylic acids is 1. The third-order valence-corrected chi connectivity index (χ3v) is 6.15. The molecular formula is C23H29ClFN3O2. The van der Waals surface area contributed by atoms with Crippen LogP contribution in [0.2, 0.25) is 0 Å². The molecule has 0 aliphatic carbocycles. The second-order valence-electron chi connectivity index (χ2n) is 8.25.